The van der Waals surface area contributed by atoms with E-state index in [2.05, 4.69) is 9.88 Å². The van der Waals surface area contributed by atoms with Crippen LogP contribution in [0.25, 0.3) is 0 Å². The summed E-state index contributed by atoms with van der Waals surface area (Å²) in [5, 5.41) is 0. The molecule has 18 heavy (non-hydrogen) atoms. The molecule has 1 saturated heterocycles. The molecular formula is C13H18N2O3. The number of carbonyl (C=O) groups is 1. The van der Waals surface area contributed by atoms with Crippen LogP contribution in [0.3, 0.4) is 0 Å². The van der Waals surface area contributed by atoms with Crippen LogP contribution >= 0.6 is 0 Å². The van der Waals surface area contributed by atoms with Crippen molar-refractivity contribution in [3.63, 3.8) is 0 Å². The number of pyridine rings is 1. The third-order valence-corrected chi connectivity index (χ3v) is 2.87. The molecule has 98 valence electrons. The van der Waals surface area contributed by atoms with Crippen molar-refractivity contribution in [3.8, 4) is 5.75 Å². The Kier molecular flexibility index (Phi) is 4.66. The highest BCUT2D eigenvalue weighted by Gasteiger charge is 2.10. The Hall–Kier alpha value is -1.46. The van der Waals surface area contributed by atoms with E-state index in [0.717, 1.165) is 32.8 Å². The number of Topliss-reactive ketones (excluding diaryl/α,β-unsaturated/α-hetero) is 1. The third-order valence-electron chi connectivity index (χ3n) is 2.87. The molecule has 0 aliphatic carbocycles. The summed E-state index contributed by atoms with van der Waals surface area (Å²) in [6.07, 6.45) is 1.60. The lowest BCUT2D eigenvalue weighted by atomic mass is 10.2. The lowest BCUT2D eigenvalue weighted by Gasteiger charge is -2.26. The highest BCUT2D eigenvalue weighted by Crippen LogP contribution is 2.11. The van der Waals surface area contributed by atoms with Crippen LogP contribution < -0.4 is 4.74 Å². The van der Waals surface area contributed by atoms with Crippen LogP contribution in [-0.4, -0.2) is 55.1 Å². The van der Waals surface area contributed by atoms with Gasteiger partial charge in [-0.2, -0.15) is 0 Å². The molecule has 0 radical (unpaired) electrons. The van der Waals surface area contributed by atoms with Gasteiger partial charge in [-0.15, -0.1) is 0 Å². The number of ether oxygens (including phenoxy) is 2. The first kappa shape index (κ1) is 13.0. The molecule has 0 unspecified atom stereocenters. The second kappa shape index (κ2) is 6.47. The molecule has 2 heterocycles. The lowest BCUT2D eigenvalue weighted by Crippen LogP contribution is -2.38. The van der Waals surface area contributed by atoms with Gasteiger partial charge in [0.25, 0.3) is 0 Å². The molecular weight excluding hydrogens is 232 g/mol. The Balaban J connectivity index is 1.78. The van der Waals surface area contributed by atoms with Gasteiger partial charge in [0.15, 0.2) is 5.78 Å². The van der Waals surface area contributed by atoms with Crippen molar-refractivity contribution < 1.29 is 14.3 Å². The van der Waals surface area contributed by atoms with Gasteiger partial charge in [-0.05, 0) is 6.07 Å². The zero-order valence-electron chi connectivity index (χ0n) is 10.6. The topological polar surface area (TPSA) is 51.7 Å². The Morgan fingerprint density at radius 1 is 1.50 bits per heavy atom. The summed E-state index contributed by atoms with van der Waals surface area (Å²) in [5.41, 5.74) is 0.443. The Labute approximate surface area is 107 Å². The number of aromatic nitrogens is 1. The highest BCUT2D eigenvalue weighted by atomic mass is 16.5. The second-order valence-corrected chi connectivity index (χ2v) is 4.24. The summed E-state index contributed by atoms with van der Waals surface area (Å²) in [4.78, 5) is 17.5. The van der Waals surface area contributed by atoms with E-state index >= 15 is 0 Å². The lowest BCUT2D eigenvalue weighted by molar-refractivity contribution is 0.0322. The van der Waals surface area contributed by atoms with Crippen LogP contribution in [0, 0.1) is 0 Å². The first-order valence-corrected chi connectivity index (χ1v) is 6.15. The molecule has 1 aliphatic heterocycles. The van der Waals surface area contributed by atoms with Crippen molar-refractivity contribution in [2.75, 3.05) is 39.5 Å². The smallest absolute Gasteiger partial charge is 0.178 e. The number of carbonyl (C=O) groups excluding carboxylic acids is 1. The van der Waals surface area contributed by atoms with E-state index in [9.17, 15) is 4.79 Å². The van der Waals surface area contributed by atoms with E-state index in [0.29, 0.717) is 18.1 Å². The maximum absolute atomic E-state index is 11.2. The molecule has 1 aromatic heterocycles. The number of nitrogens with zero attached hydrogens (tertiary/aromatic N) is 2. The van der Waals surface area contributed by atoms with Crippen molar-refractivity contribution in [2.45, 2.75) is 6.92 Å². The zero-order chi connectivity index (χ0) is 12.8. The predicted molar refractivity (Wildman–Crippen MR) is 67.0 cm³/mol. The molecule has 0 atom stereocenters. The largest absolute Gasteiger partial charge is 0.492 e. The van der Waals surface area contributed by atoms with Crippen molar-refractivity contribution in [3.05, 3.63) is 24.0 Å². The van der Waals surface area contributed by atoms with E-state index in [1.807, 2.05) is 0 Å². The molecule has 1 aromatic rings. The third kappa shape index (κ3) is 3.78. The van der Waals surface area contributed by atoms with E-state index in [1.54, 1.807) is 18.3 Å². The SMILES string of the molecule is CC(=O)c1cc(OCCN2CCOCC2)ccn1. The summed E-state index contributed by atoms with van der Waals surface area (Å²) in [6, 6.07) is 3.45. The van der Waals surface area contributed by atoms with E-state index in [-0.39, 0.29) is 5.78 Å². The molecule has 0 amide bonds. The molecule has 5 heteroatoms. The maximum atomic E-state index is 11.2. The fourth-order valence-corrected chi connectivity index (χ4v) is 1.81. The van der Waals surface area contributed by atoms with Gasteiger partial charge in [-0.1, -0.05) is 0 Å². The quantitative estimate of drug-likeness (QED) is 0.730. The summed E-state index contributed by atoms with van der Waals surface area (Å²) < 4.78 is 10.9. The number of rotatable bonds is 5. The van der Waals surface area contributed by atoms with Gasteiger partial charge in [-0.3, -0.25) is 14.7 Å². The fourth-order valence-electron chi connectivity index (χ4n) is 1.81. The van der Waals surface area contributed by atoms with Crippen LogP contribution in [-0.2, 0) is 4.74 Å². The van der Waals surface area contributed by atoms with Crippen molar-refractivity contribution >= 4 is 5.78 Å². The number of hydrogen-bond acceptors (Lipinski definition) is 5. The number of hydrogen-bond donors (Lipinski definition) is 0. The van der Waals surface area contributed by atoms with Gasteiger partial charge in [0.05, 0.1) is 13.2 Å². The van der Waals surface area contributed by atoms with Crippen molar-refractivity contribution in [1.82, 2.24) is 9.88 Å². The Morgan fingerprint density at radius 3 is 3.00 bits per heavy atom. The van der Waals surface area contributed by atoms with Crippen LogP contribution in [0.4, 0.5) is 0 Å². The fraction of sp³-hybridized carbons (Fsp3) is 0.538. The normalized spacial score (nSPS) is 16.5. The van der Waals surface area contributed by atoms with Gasteiger partial charge >= 0.3 is 0 Å². The minimum Gasteiger partial charge on any atom is -0.492 e. The average Bonchev–Trinajstić information content (AvgIpc) is 2.40. The number of ketones is 1. The Bertz CT molecular complexity index is 403. The van der Waals surface area contributed by atoms with Crippen molar-refractivity contribution in [2.24, 2.45) is 0 Å². The first-order valence-electron chi connectivity index (χ1n) is 6.15. The van der Waals surface area contributed by atoms with Gasteiger partial charge < -0.3 is 9.47 Å². The van der Waals surface area contributed by atoms with Crippen molar-refractivity contribution in [1.29, 1.82) is 0 Å². The maximum Gasteiger partial charge on any atom is 0.178 e. The molecule has 5 nitrogen and oxygen atoms in total. The summed E-state index contributed by atoms with van der Waals surface area (Å²) >= 11 is 0. The molecule has 1 fully saturated rings. The molecule has 1 aliphatic rings. The van der Waals surface area contributed by atoms with Gasteiger partial charge in [0.1, 0.15) is 18.1 Å². The van der Waals surface area contributed by atoms with E-state index < -0.39 is 0 Å². The molecule has 0 N–H and O–H groups in total. The second-order valence-electron chi connectivity index (χ2n) is 4.24. The predicted octanol–water partition coefficient (Wildman–Crippen LogP) is 0.995. The minimum absolute atomic E-state index is 0.0476. The monoisotopic (exact) mass is 250 g/mol. The summed E-state index contributed by atoms with van der Waals surface area (Å²) in [6.45, 7) is 6.49. The number of morpholine rings is 1. The standard InChI is InChI=1S/C13H18N2O3/c1-11(16)13-10-12(2-3-14-13)18-9-6-15-4-7-17-8-5-15/h2-3,10H,4-9H2,1H3. The highest BCUT2D eigenvalue weighted by molar-refractivity contribution is 5.92. The molecule has 2 rings (SSSR count). The van der Waals surface area contributed by atoms with Crippen LogP contribution in [0.15, 0.2) is 18.3 Å². The summed E-state index contributed by atoms with van der Waals surface area (Å²) in [7, 11) is 0. The minimum atomic E-state index is -0.0476. The molecule has 0 spiro atoms. The molecule has 0 bridgehead atoms. The average molecular weight is 250 g/mol. The Morgan fingerprint density at radius 2 is 2.28 bits per heavy atom. The van der Waals surface area contributed by atoms with Gasteiger partial charge in [0, 0.05) is 38.8 Å². The van der Waals surface area contributed by atoms with Crippen LogP contribution in [0.5, 0.6) is 5.75 Å². The van der Waals surface area contributed by atoms with E-state index in [1.165, 1.54) is 6.92 Å². The zero-order valence-corrected chi connectivity index (χ0v) is 10.6. The molecule has 0 saturated carbocycles. The van der Waals surface area contributed by atoms with E-state index in [4.69, 9.17) is 9.47 Å². The first-order chi connectivity index (χ1) is 8.75. The van der Waals surface area contributed by atoms with Gasteiger partial charge in [0.2, 0.25) is 0 Å². The molecule has 0 aromatic carbocycles. The van der Waals surface area contributed by atoms with Gasteiger partial charge in [-0.25, -0.2) is 0 Å². The van der Waals surface area contributed by atoms with Crippen LogP contribution in [0.2, 0.25) is 0 Å². The van der Waals surface area contributed by atoms with Crippen LogP contribution in [0.1, 0.15) is 17.4 Å². The summed E-state index contributed by atoms with van der Waals surface area (Å²) in [5.74, 6) is 0.650.